The van der Waals surface area contributed by atoms with Crippen LogP contribution in [0.1, 0.15) is 31.9 Å². The first-order valence-electron chi connectivity index (χ1n) is 9.01. The Morgan fingerprint density at radius 3 is 2.14 bits per heavy atom. The highest BCUT2D eigenvalue weighted by atomic mass is 35.5. The minimum Gasteiger partial charge on any atom is -0.506 e. The number of benzene rings is 2. The van der Waals surface area contributed by atoms with E-state index in [2.05, 4.69) is 6.58 Å². The van der Waals surface area contributed by atoms with Crippen LogP contribution < -0.4 is 0 Å². The van der Waals surface area contributed by atoms with Crippen molar-refractivity contribution in [2.75, 3.05) is 0 Å². The molecule has 0 aliphatic heterocycles. The summed E-state index contributed by atoms with van der Waals surface area (Å²) in [5, 5.41) is 11.8. The van der Waals surface area contributed by atoms with E-state index in [-0.39, 0.29) is 16.9 Å². The first kappa shape index (κ1) is 21.6. The largest absolute Gasteiger partial charge is 0.506 e. The molecule has 1 aliphatic rings. The standard InChI is InChI=1S/C23H19Cl3O3/c1-5-12-6-7-13(18-16(25)9-14(24)10-17(18)26)8-15(12)19-20(27)11(2)21(28)23(3,4)22(19)29/h6-10,27H,2,5H2,1,3-4H3. The fraction of sp³-hybridized carbons (Fsp3) is 0.217. The van der Waals surface area contributed by atoms with Crippen molar-refractivity contribution in [1.82, 2.24) is 0 Å². The molecule has 0 spiro atoms. The van der Waals surface area contributed by atoms with Crippen molar-refractivity contribution in [3.8, 4) is 11.1 Å². The highest BCUT2D eigenvalue weighted by Gasteiger charge is 2.46. The van der Waals surface area contributed by atoms with Crippen molar-refractivity contribution >= 4 is 51.9 Å². The van der Waals surface area contributed by atoms with Crippen molar-refractivity contribution in [3.05, 3.63) is 74.4 Å². The van der Waals surface area contributed by atoms with E-state index >= 15 is 0 Å². The zero-order valence-electron chi connectivity index (χ0n) is 16.2. The topological polar surface area (TPSA) is 54.4 Å². The number of carbonyl (C=O) groups is 2. The molecule has 0 amide bonds. The van der Waals surface area contributed by atoms with E-state index in [9.17, 15) is 14.7 Å². The number of hydrogen-bond acceptors (Lipinski definition) is 3. The second kappa shape index (κ2) is 7.64. The molecule has 6 heteroatoms. The third kappa shape index (κ3) is 3.52. The van der Waals surface area contributed by atoms with Gasteiger partial charge in [-0.3, -0.25) is 9.59 Å². The molecule has 1 N–H and O–H groups in total. The van der Waals surface area contributed by atoms with E-state index < -0.39 is 17.0 Å². The van der Waals surface area contributed by atoms with Crippen LogP contribution in [-0.2, 0) is 16.0 Å². The number of carbonyl (C=O) groups excluding carboxylic acids is 2. The predicted molar refractivity (Wildman–Crippen MR) is 119 cm³/mol. The first-order chi connectivity index (χ1) is 13.5. The van der Waals surface area contributed by atoms with Gasteiger partial charge in [-0.25, -0.2) is 0 Å². The minimum absolute atomic E-state index is 0.0698. The smallest absolute Gasteiger partial charge is 0.180 e. The highest BCUT2D eigenvalue weighted by Crippen LogP contribution is 2.43. The molecule has 3 rings (SSSR count). The third-order valence-corrected chi connectivity index (χ3v) is 6.03. The van der Waals surface area contributed by atoms with Crippen LogP contribution >= 0.6 is 34.8 Å². The normalized spacial score (nSPS) is 16.6. The summed E-state index contributed by atoms with van der Waals surface area (Å²) in [7, 11) is 0. The zero-order chi connectivity index (χ0) is 21.7. The molecule has 2 aromatic carbocycles. The maximum absolute atomic E-state index is 13.2. The second-order valence-corrected chi connectivity index (χ2v) is 8.71. The number of hydrogen-bond donors (Lipinski definition) is 1. The van der Waals surface area contributed by atoms with Gasteiger partial charge in [0.1, 0.15) is 5.76 Å². The van der Waals surface area contributed by atoms with Gasteiger partial charge >= 0.3 is 0 Å². The summed E-state index contributed by atoms with van der Waals surface area (Å²) in [5.74, 6) is -1.33. The fourth-order valence-corrected chi connectivity index (χ4v) is 4.53. The van der Waals surface area contributed by atoms with Crippen LogP contribution in [0.4, 0.5) is 0 Å². The van der Waals surface area contributed by atoms with Crippen LogP contribution in [0, 0.1) is 5.41 Å². The quantitative estimate of drug-likeness (QED) is 0.410. The molecule has 0 atom stereocenters. The first-order valence-corrected chi connectivity index (χ1v) is 10.1. The Morgan fingerprint density at radius 1 is 1.00 bits per heavy atom. The van der Waals surface area contributed by atoms with Gasteiger partial charge < -0.3 is 5.11 Å². The lowest BCUT2D eigenvalue weighted by Gasteiger charge is -2.30. The molecule has 0 unspecified atom stereocenters. The van der Waals surface area contributed by atoms with Crippen molar-refractivity contribution in [1.29, 1.82) is 0 Å². The summed E-state index contributed by atoms with van der Waals surface area (Å²) in [6.07, 6.45) is 0.614. The number of aliphatic hydroxyl groups is 1. The summed E-state index contributed by atoms with van der Waals surface area (Å²) < 4.78 is 0. The van der Waals surface area contributed by atoms with Gasteiger partial charge in [-0.05, 0) is 55.2 Å². The molecule has 0 saturated carbocycles. The van der Waals surface area contributed by atoms with Gasteiger partial charge in [0.2, 0.25) is 0 Å². The molecule has 0 heterocycles. The van der Waals surface area contributed by atoms with Crippen LogP contribution in [0.5, 0.6) is 0 Å². The molecular weight excluding hydrogens is 431 g/mol. The van der Waals surface area contributed by atoms with Gasteiger partial charge in [-0.15, -0.1) is 0 Å². The van der Waals surface area contributed by atoms with Gasteiger partial charge in [0.25, 0.3) is 0 Å². The van der Waals surface area contributed by atoms with Crippen molar-refractivity contribution < 1.29 is 14.7 Å². The molecule has 0 fully saturated rings. The van der Waals surface area contributed by atoms with E-state index in [1.807, 2.05) is 19.1 Å². The summed E-state index contributed by atoms with van der Waals surface area (Å²) in [5.41, 5.74) is 1.30. The molecule has 0 radical (unpaired) electrons. The number of Topliss-reactive ketones (excluding diaryl/α,β-unsaturated/α-hetero) is 2. The number of rotatable bonds is 3. The average Bonchev–Trinajstić information content (AvgIpc) is 2.65. The van der Waals surface area contributed by atoms with E-state index in [4.69, 9.17) is 34.8 Å². The van der Waals surface area contributed by atoms with Crippen LogP contribution in [0.25, 0.3) is 16.7 Å². The Bertz CT molecular complexity index is 1090. The van der Waals surface area contributed by atoms with Gasteiger partial charge in [-0.1, -0.05) is 60.4 Å². The Morgan fingerprint density at radius 2 is 1.59 bits per heavy atom. The summed E-state index contributed by atoms with van der Waals surface area (Å²) in [6.45, 7) is 8.71. The third-order valence-electron chi connectivity index (χ3n) is 5.21. The number of aliphatic hydroxyl groups excluding tert-OH is 1. The van der Waals surface area contributed by atoms with Crippen molar-refractivity contribution in [2.24, 2.45) is 5.41 Å². The van der Waals surface area contributed by atoms with Gasteiger partial charge in [0, 0.05) is 10.6 Å². The molecule has 3 nitrogen and oxygen atoms in total. The molecule has 0 bridgehead atoms. The lowest BCUT2D eigenvalue weighted by Crippen LogP contribution is -2.39. The Balaban J connectivity index is 2.31. The fourth-order valence-electron chi connectivity index (χ4n) is 3.50. The number of aryl methyl sites for hydroxylation is 1. The summed E-state index contributed by atoms with van der Waals surface area (Å²) in [6, 6.07) is 8.63. The number of ketones is 2. The van der Waals surface area contributed by atoms with Crippen molar-refractivity contribution in [2.45, 2.75) is 27.2 Å². The number of halogens is 3. The predicted octanol–water partition coefficient (Wildman–Crippen LogP) is 6.88. The molecule has 150 valence electrons. The van der Waals surface area contributed by atoms with E-state index in [0.29, 0.717) is 38.2 Å². The summed E-state index contributed by atoms with van der Waals surface area (Å²) >= 11 is 18.8. The van der Waals surface area contributed by atoms with Crippen LogP contribution in [0.2, 0.25) is 15.1 Å². The zero-order valence-corrected chi connectivity index (χ0v) is 18.5. The Labute approximate surface area is 184 Å². The van der Waals surface area contributed by atoms with Crippen LogP contribution in [-0.4, -0.2) is 16.7 Å². The minimum atomic E-state index is -1.31. The van der Waals surface area contributed by atoms with E-state index in [0.717, 1.165) is 5.56 Å². The molecule has 29 heavy (non-hydrogen) atoms. The molecule has 0 aromatic heterocycles. The molecule has 1 aliphatic carbocycles. The van der Waals surface area contributed by atoms with Gasteiger partial charge in [0.05, 0.1) is 26.6 Å². The SMILES string of the molecule is C=C1C(=O)C(C)(C)C(=O)C(c2cc(-c3c(Cl)cc(Cl)cc3Cl)ccc2CC)=C1O. The van der Waals surface area contributed by atoms with Gasteiger partial charge in [0.15, 0.2) is 11.6 Å². The molecule has 0 saturated heterocycles. The maximum atomic E-state index is 13.2. The maximum Gasteiger partial charge on any atom is 0.180 e. The Kier molecular flexibility index (Phi) is 5.70. The van der Waals surface area contributed by atoms with Gasteiger partial charge in [-0.2, -0.15) is 0 Å². The lowest BCUT2D eigenvalue weighted by molar-refractivity contribution is -0.133. The number of allylic oxidation sites excluding steroid dienone is 2. The highest BCUT2D eigenvalue weighted by molar-refractivity contribution is 6.42. The summed E-state index contributed by atoms with van der Waals surface area (Å²) in [4.78, 5) is 25.6. The van der Waals surface area contributed by atoms with Crippen molar-refractivity contribution in [3.63, 3.8) is 0 Å². The lowest BCUT2D eigenvalue weighted by atomic mass is 9.70. The second-order valence-electron chi connectivity index (χ2n) is 7.46. The van der Waals surface area contributed by atoms with E-state index in [1.165, 1.54) is 13.8 Å². The van der Waals surface area contributed by atoms with Crippen LogP contribution in [0.15, 0.2) is 48.2 Å². The molecular formula is C23H19Cl3O3. The average molecular weight is 450 g/mol. The van der Waals surface area contributed by atoms with E-state index in [1.54, 1.807) is 18.2 Å². The van der Waals surface area contributed by atoms with Crippen LogP contribution in [0.3, 0.4) is 0 Å². The monoisotopic (exact) mass is 448 g/mol. The Hall–Kier alpha value is -2.07. The molecule has 2 aromatic rings.